The Labute approximate surface area is 149 Å². The van der Waals surface area contributed by atoms with Gasteiger partial charge in [0.2, 0.25) is 0 Å². The molecule has 0 bridgehead atoms. The van der Waals surface area contributed by atoms with Gasteiger partial charge in [0.05, 0.1) is 0 Å². The third-order valence-corrected chi connectivity index (χ3v) is 4.97. The summed E-state index contributed by atoms with van der Waals surface area (Å²) in [6, 6.07) is 10.6. The van der Waals surface area contributed by atoms with Crippen molar-refractivity contribution in [2.75, 3.05) is 19.7 Å². The number of benzene rings is 1. The molecule has 6 nitrogen and oxygen atoms in total. The number of ether oxygens (including phenoxy) is 1. The first-order valence-electron chi connectivity index (χ1n) is 7.95. The second kappa shape index (κ2) is 7.94. The number of fused-ring (bicyclic) bond motifs is 1. The number of carbonyl (C=O) groups excluding carboxylic acids is 3. The number of nitrogens with one attached hydrogen (secondary N) is 1. The molecule has 1 aliphatic heterocycles. The van der Waals surface area contributed by atoms with E-state index in [1.165, 1.54) is 4.88 Å². The van der Waals surface area contributed by atoms with Crippen LogP contribution in [0.4, 0.5) is 0 Å². The Morgan fingerprint density at radius 2 is 1.96 bits per heavy atom. The van der Waals surface area contributed by atoms with Gasteiger partial charge in [0.1, 0.15) is 6.54 Å². The van der Waals surface area contributed by atoms with E-state index in [0.29, 0.717) is 18.7 Å². The third-order valence-electron chi connectivity index (χ3n) is 3.95. The van der Waals surface area contributed by atoms with E-state index in [1.807, 2.05) is 11.4 Å². The van der Waals surface area contributed by atoms with Crippen LogP contribution in [0.15, 0.2) is 41.8 Å². The van der Waals surface area contributed by atoms with Gasteiger partial charge in [-0.05, 0) is 35.6 Å². The lowest BCUT2D eigenvalue weighted by Gasteiger charge is -2.26. The molecule has 3 rings (SSSR count). The maximum atomic E-state index is 12.2. The molecule has 25 heavy (non-hydrogen) atoms. The van der Waals surface area contributed by atoms with Crippen molar-refractivity contribution < 1.29 is 19.1 Å². The van der Waals surface area contributed by atoms with Gasteiger partial charge < -0.3 is 15.0 Å². The summed E-state index contributed by atoms with van der Waals surface area (Å²) < 4.78 is 4.97. The second-order valence-corrected chi connectivity index (χ2v) is 6.64. The van der Waals surface area contributed by atoms with Crippen LogP contribution in [0.25, 0.3) is 0 Å². The first-order valence-corrected chi connectivity index (χ1v) is 8.83. The molecular weight excluding hydrogens is 340 g/mol. The molecule has 130 valence electrons. The van der Waals surface area contributed by atoms with Crippen LogP contribution in [0.1, 0.15) is 20.8 Å². The Morgan fingerprint density at radius 3 is 2.76 bits per heavy atom. The summed E-state index contributed by atoms with van der Waals surface area (Å²) in [6.45, 7) is 0.615. The van der Waals surface area contributed by atoms with Gasteiger partial charge in [-0.1, -0.05) is 18.2 Å². The maximum Gasteiger partial charge on any atom is 0.325 e. The molecule has 0 saturated heterocycles. The first kappa shape index (κ1) is 17.2. The van der Waals surface area contributed by atoms with Crippen molar-refractivity contribution in [3.63, 3.8) is 0 Å². The van der Waals surface area contributed by atoms with Crippen molar-refractivity contribution in [2.45, 2.75) is 13.0 Å². The Bertz CT molecular complexity index is 772. The Morgan fingerprint density at radius 1 is 1.16 bits per heavy atom. The Kier molecular flexibility index (Phi) is 5.45. The van der Waals surface area contributed by atoms with Crippen molar-refractivity contribution in [3.05, 3.63) is 57.8 Å². The summed E-state index contributed by atoms with van der Waals surface area (Å²) in [5.74, 6) is -1.21. The minimum absolute atomic E-state index is 0.223. The maximum absolute atomic E-state index is 12.2. The van der Waals surface area contributed by atoms with E-state index < -0.39 is 5.97 Å². The minimum Gasteiger partial charge on any atom is -0.454 e. The standard InChI is InChI=1S/C18H18N2O4S/c21-16(20-8-6-15-14(11-20)7-9-25-15)12-24-17(22)10-19-18(23)13-4-2-1-3-5-13/h1-5,7,9H,6,8,10-12H2,(H,19,23). The summed E-state index contributed by atoms with van der Waals surface area (Å²) in [4.78, 5) is 38.7. The highest BCUT2D eigenvalue weighted by Gasteiger charge is 2.22. The number of rotatable bonds is 5. The lowest BCUT2D eigenvalue weighted by Crippen LogP contribution is -2.39. The predicted molar refractivity (Wildman–Crippen MR) is 93.2 cm³/mol. The number of nitrogens with zero attached hydrogens (tertiary/aromatic N) is 1. The highest BCUT2D eigenvalue weighted by atomic mass is 32.1. The molecule has 0 atom stereocenters. The molecule has 0 aliphatic carbocycles. The van der Waals surface area contributed by atoms with Gasteiger partial charge in [0, 0.05) is 23.5 Å². The Balaban J connectivity index is 1.40. The average Bonchev–Trinajstić information content (AvgIpc) is 3.12. The van der Waals surface area contributed by atoms with E-state index >= 15 is 0 Å². The summed E-state index contributed by atoms with van der Waals surface area (Å²) in [5, 5.41) is 4.50. The third kappa shape index (κ3) is 4.45. The highest BCUT2D eigenvalue weighted by molar-refractivity contribution is 7.10. The molecule has 1 aromatic carbocycles. The minimum atomic E-state index is -0.633. The van der Waals surface area contributed by atoms with Gasteiger partial charge in [-0.3, -0.25) is 14.4 Å². The van der Waals surface area contributed by atoms with Gasteiger partial charge in [-0.15, -0.1) is 11.3 Å². The molecule has 2 heterocycles. The van der Waals surface area contributed by atoms with Gasteiger partial charge in [-0.25, -0.2) is 0 Å². The summed E-state index contributed by atoms with van der Waals surface area (Å²) in [5.41, 5.74) is 1.62. The molecule has 1 aromatic heterocycles. The van der Waals surface area contributed by atoms with Gasteiger partial charge in [0.15, 0.2) is 6.61 Å². The Hall–Kier alpha value is -2.67. The van der Waals surface area contributed by atoms with Gasteiger partial charge >= 0.3 is 5.97 Å². The van der Waals surface area contributed by atoms with E-state index in [1.54, 1.807) is 46.6 Å². The zero-order valence-electron chi connectivity index (χ0n) is 13.6. The largest absolute Gasteiger partial charge is 0.454 e. The van der Waals surface area contributed by atoms with Crippen molar-refractivity contribution in [1.82, 2.24) is 10.2 Å². The van der Waals surface area contributed by atoms with E-state index in [-0.39, 0.29) is 25.0 Å². The van der Waals surface area contributed by atoms with Crippen molar-refractivity contribution in [2.24, 2.45) is 0 Å². The highest BCUT2D eigenvalue weighted by Crippen LogP contribution is 2.23. The fourth-order valence-corrected chi connectivity index (χ4v) is 3.48. The van der Waals surface area contributed by atoms with Crippen LogP contribution < -0.4 is 5.32 Å². The summed E-state index contributed by atoms with van der Waals surface area (Å²) in [6.07, 6.45) is 0.833. The molecule has 0 spiro atoms. The van der Waals surface area contributed by atoms with Crippen LogP contribution in [0.5, 0.6) is 0 Å². The monoisotopic (exact) mass is 358 g/mol. The molecule has 0 radical (unpaired) electrons. The average molecular weight is 358 g/mol. The molecule has 2 aromatic rings. The molecule has 7 heteroatoms. The number of thiophene rings is 1. The van der Waals surface area contributed by atoms with Crippen molar-refractivity contribution in [1.29, 1.82) is 0 Å². The van der Waals surface area contributed by atoms with Crippen molar-refractivity contribution in [3.8, 4) is 0 Å². The predicted octanol–water partition coefficient (Wildman–Crippen LogP) is 1.61. The fourth-order valence-electron chi connectivity index (χ4n) is 2.59. The topological polar surface area (TPSA) is 75.7 Å². The van der Waals surface area contributed by atoms with E-state index in [4.69, 9.17) is 4.74 Å². The van der Waals surface area contributed by atoms with Gasteiger partial charge in [0.25, 0.3) is 11.8 Å². The van der Waals surface area contributed by atoms with Crippen LogP contribution in [-0.2, 0) is 27.3 Å². The first-order chi connectivity index (χ1) is 12.1. The van der Waals surface area contributed by atoms with E-state index in [0.717, 1.165) is 12.0 Å². The zero-order chi connectivity index (χ0) is 17.6. The number of amides is 2. The number of carbonyl (C=O) groups is 3. The van der Waals surface area contributed by atoms with Crippen LogP contribution in [-0.4, -0.2) is 42.4 Å². The van der Waals surface area contributed by atoms with Crippen LogP contribution >= 0.6 is 11.3 Å². The molecular formula is C18H18N2O4S. The molecule has 1 N–H and O–H groups in total. The van der Waals surface area contributed by atoms with Crippen LogP contribution in [0, 0.1) is 0 Å². The lowest BCUT2D eigenvalue weighted by molar-refractivity contribution is -0.151. The van der Waals surface area contributed by atoms with Crippen LogP contribution in [0.2, 0.25) is 0 Å². The zero-order valence-corrected chi connectivity index (χ0v) is 14.4. The normalized spacial score (nSPS) is 13.0. The van der Waals surface area contributed by atoms with Crippen molar-refractivity contribution >= 4 is 29.1 Å². The molecule has 0 unspecified atom stereocenters. The summed E-state index contributed by atoms with van der Waals surface area (Å²) >= 11 is 1.70. The van der Waals surface area contributed by atoms with Gasteiger partial charge in [-0.2, -0.15) is 0 Å². The SMILES string of the molecule is O=C(CNC(=O)c1ccccc1)OCC(=O)N1CCc2sccc2C1. The molecule has 1 aliphatic rings. The molecule has 0 saturated carbocycles. The quantitative estimate of drug-likeness (QED) is 0.824. The van der Waals surface area contributed by atoms with Crippen LogP contribution in [0.3, 0.4) is 0 Å². The fraction of sp³-hybridized carbons (Fsp3) is 0.278. The lowest BCUT2D eigenvalue weighted by atomic mass is 10.1. The summed E-state index contributed by atoms with van der Waals surface area (Å²) in [7, 11) is 0. The second-order valence-electron chi connectivity index (χ2n) is 5.64. The van der Waals surface area contributed by atoms with E-state index in [9.17, 15) is 14.4 Å². The number of hydrogen-bond acceptors (Lipinski definition) is 5. The number of esters is 1. The molecule has 0 fully saturated rings. The van der Waals surface area contributed by atoms with E-state index in [2.05, 4.69) is 5.32 Å². The molecule has 2 amide bonds. The number of hydrogen-bond donors (Lipinski definition) is 1. The smallest absolute Gasteiger partial charge is 0.325 e.